The number of halogens is 2. The number of nitrogens with one attached hydrogen (secondary N) is 1. The van der Waals surface area contributed by atoms with E-state index in [2.05, 4.69) is 10.3 Å². The number of aryl methyl sites for hydroxylation is 1. The topological polar surface area (TPSA) is 72.7 Å². The standard InChI is InChI=1S/C24H23Cl2N3O3S/c1-15-14-33-24(28-23(31)18-7-8-20(25)21(26)11-18)29(15)13-16-4-2-5-17(10-16)22(30)27-12-19-6-3-9-32-19/h2,4-5,7-8,10-11,14,19H,3,6,9,12-13H2,1H3,(H,27,30)/t19-/m0/s1. The lowest BCUT2D eigenvalue weighted by atomic mass is 10.1. The molecule has 1 N–H and O–H groups in total. The van der Waals surface area contributed by atoms with Gasteiger partial charge in [-0.25, -0.2) is 0 Å². The van der Waals surface area contributed by atoms with Crippen molar-refractivity contribution in [2.24, 2.45) is 4.99 Å². The van der Waals surface area contributed by atoms with Crippen molar-refractivity contribution < 1.29 is 14.3 Å². The third kappa shape index (κ3) is 5.92. The van der Waals surface area contributed by atoms with Crippen molar-refractivity contribution in [1.82, 2.24) is 9.88 Å². The normalized spacial score (nSPS) is 16.2. The SMILES string of the molecule is Cc1csc(=NC(=O)c2ccc(Cl)c(Cl)c2)n1Cc1cccc(C(=O)NC[C@@H]2CCCO2)c1. The molecule has 4 rings (SSSR count). The van der Waals surface area contributed by atoms with Crippen LogP contribution in [0.3, 0.4) is 0 Å². The van der Waals surface area contributed by atoms with E-state index in [9.17, 15) is 9.59 Å². The fraction of sp³-hybridized carbons (Fsp3) is 0.292. The Kier molecular flexibility index (Phi) is 7.65. The van der Waals surface area contributed by atoms with Gasteiger partial charge in [-0.05, 0) is 55.7 Å². The van der Waals surface area contributed by atoms with Crippen molar-refractivity contribution in [2.75, 3.05) is 13.2 Å². The monoisotopic (exact) mass is 503 g/mol. The molecule has 6 nitrogen and oxygen atoms in total. The predicted octanol–water partition coefficient (Wildman–Crippen LogP) is 4.86. The number of benzene rings is 2. The van der Waals surface area contributed by atoms with Crippen LogP contribution in [0.25, 0.3) is 0 Å². The number of rotatable bonds is 6. The highest BCUT2D eigenvalue weighted by atomic mass is 35.5. The summed E-state index contributed by atoms with van der Waals surface area (Å²) in [6.45, 7) is 3.71. The van der Waals surface area contributed by atoms with Crippen LogP contribution in [0.4, 0.5) is 0 Å². The fourth-order valence-corrected chi connectivity index (χ4v) is 4.76. The minimum absolute atomic E-state index is 0.0957. The van der Waals surface area contributed by atoms with Crippen LogP contribution in [0.5, 0.6) is 0 Å². The van der Waals surface area contributed by atoms with Gasteiger partial charge >= 0.3 is 0 Å². The Morgan fingerprint density at radius 3 is 2.79 bits per heavy atom. The summed E-state index contributed by atoms with van der Waals surface area (Å²) in [7, 11) is 0. The molecule has 1 aromatic heterocycles. The zero-order valence-corrected chi connectivity index (χ0v) is 20.3. The van der Waals surface area contributed by atoms with Gasteiger partial charge in [-0.15, -0.1) is 11.3 Å². The summed E-state index contributed by atoms with van der Waals surface area (Å²) < 4.78 is 7.51. The molecule has 2 aromatic carbocycles. The van der Waals surface area contributed by atoms with Crippen LogP contribution in [0.1, 0.15) is 44.8 Å². The second-order valence-electron chi connectivity index (χ2n) is 7.84. The molecule has 1 aliphatic rings. The van der Waals surface area contributed by atoms with Gasteiger partial charge in [0.1, 0.15) is 0 Å². The van der Waals surface area contributed by atoms with Crippen molar-refractivity contribution in [3.8, 4) is 0 Å². The summed E-state index contributed by atoms with van der Waals surface area (Å²) in [5.41, 5.74) is 2.86. The van der Waals surface area contributed by atoms with E-state index in [0.717, 1.165) is 30.7 Å². The Bertz CT molecular complexity index is 1250. The lowest BCUT2D eigenvalue weighted by Crippen LogP contribution is -2.31. The second-order valence-corrected chi connectivity index (χ2v) is 9.49. The summed E-state index contributed by atoms with van der Waals surface area (Å²) in [5.74, 6) is -0.523. The molecule has 172 valence electrons. The molecule has 0 saturated carbocycles. The Balaban J connectivity index is 1.51. The predicted molar refractivity (Wildman–Crippen MR) is 130 cm³/mol. The Morgan fingerprint density at radius 2 is 2.03 bits per heavy atom. The lowest BCUT2D eigenvalue weighted by Gasteiger charge is -2.12. The van der Waals surface area contributed by atoms with E-state index in [0.29, 0.717) is 39.1 Å². The first-order valence-corrected chi connectivity index (χ1v) is 12.2. The van der Waals surface area contributed by atoms with Gasteiger partial charge in [0.2, 0.25) is 0 Å². The molecular weight excluding hydrogens is 481 g/mol. The highest BCUT2D eigenvalue weighted by Gasteiger charge is 2.17. The second kappa shape index (κ2) is 10.7. The maximum Gasteiger partial charge on any atom is 0.279 e. The Hall–Kier alpha value is -2.45. The first-order chi connectivity index (χ1) is 15.9. The minimum Gasteiger partial charge on any atom is -0.376 e. The summed E-state index contributed by atoms with van der Waals surface area (Å²) in [5, 5.41) is 5.59. The Morgan fingerprint density at radius 1 is 1.18 bits per heavy atom. The van der Waals surface area contributed by atoms with E-state index in [4.69, 9.17) is 27.9 Å². The van der Waals surface area contributed by atoms with Gasteiger partial charge in [0.25, 0.3) is 11.8 Å². The molecule has 3 aromatic rings. The lowest BCUT2D eigenvalue weighted by molar-refractivity contribution is 0.0857. The van der Waals surface area contributed by atoms with E-state index in [-0.39, 0.29) is 12.0 Å². The summed E-state index contributed by atoms with van der Waals surface area (Å²) in [6, 6.07) is 12.2. The quantitative estimate of drug-likeness (QED) is 0.521. The number of hydrogen-bond acceptors (Lipinski definition) is 4. The molecule has 33 heavy (non-hydrogen) atoms. The molecule has 2 heterocycles. The van der Waals surface area contributed by atoms with E-state index >= 15 is 0 Å². The number of ether oxygens (including phenoxy) is 1. The van der Waals surface area contributed by atoms with Crippen molar-refractivity contribution >= 4 is 46.4 Å². The number of carbonyl (C=O) groups is 2. The first kappa shape index (κ1) is 23.7. The first-order valence-electron chi connectivity index (χ1n) is 10.6. The number of thiazole rings is 1. The molecule has 1 aliphatic heterocycles. The third-order valence-corrected chi connectivity index (χ3v) is 7.12. The number of amides is 2. The smallest absolute Gasteiger partial charge is 0.279 e. The van der Waals surface area contributed by atoms with Crippen molar-refractivity contribution in [2.45, 2.75) is 32.4 Å². The number of nitrogens with zero attached hydrogens (tertiary/aromatic N) is 2. The highest BCUT2D eigenvalue weighted by Crippen LogP contribution is 2.23. The number of aromatic nitrogens is 1. The largest absolute Gasteiger partial charge is 0.376 e. The molecule has 0 spiro atoms. The van der Waals surface area contributed by atoms with Gasteiger partial charge in [-0.3, -0.25) is 9.59 Å². The molecule has 1 fully saturated rings. The van der Waals surface area contributed by atoms with Gasteiger partial charge in [-0.2, -0.15) is 4.99 Å². The third-order valence-electron chi connectivity index (χ3n) is 5.40. The Labute approximate surface area is 205 Å². The van der Waals surface area contributed by atoms with E-state index in [1.165, 1.54) is 17.4 Å². The van der Waals surface area contributed by atoms with Crippen LogP contribution in [-0.4, -0.2) is 35.6 Å². The average molecular weight is 504 g/mol. The molecule has 1 saturated heterocycles. The maximum atomic E-state index is 12.7. The van der Waals surface area contributed by atoms with Gasteiger partial charge < -0.3 is 14.6 Å². The van der Waals surface area contributed by atoms with E-state index < -0.39 is 5.91 Å². The molecule has 0 bridgehead atoms. The molecule has 0 unspecified atom stereocenters. The average Bonchev–Trinajstić information content (AvgIpc) is 3.45. The number of hydrogen-bond donors (Lipinski definition) is 1. The van der Waals surface area contributed by atoms with Crippen molar-refractivity contribution in [1.29, 1.82) is 0 Å². The van der Waals surface area contributed by atoms with Gasteiger partial charge in [-0.1, -0.05) is 35.3 Å². The molecule has 9 heteroatoms. The van der Waals surface area contributed by atoms with Crippen LogP contribution < -0.4 is 10.1 Å². The summed E-state index contributed by atoms with van der Waals surface area (Å²) in [6.07, 6.45) is 2.11. The fourth-order valence-electron chi connectivity index (χ4n) is 3.58. The van der Waals surface area contributed by atoms with Crippen molar-refractivity contribution in [3.05, 3.63) is 85.1 Å². The van der Waals surface area contributed by atoms with E-state index in [1.807, 2.05) is 35.1 Å². The minimum atomic E-state index is -0.397. The van der Waals surface area contributed by atoms with Crippen LogP contribution in [-0.2, 0) is 11.3 Å². The van der Waals surface area contributed by atoms with Gasteiger partial charge in [0.05, 0.1) is 22.7 Å². The zero-order chi connectivity index (χ0) is 23.4. The molecule has 2 amide bonds. The van der Waals surface area contributed by atoms with Gasteiger partial charge in [0.15, 0.2) is 4.80 Å². The van der Waals surface area contributed by atoms with Gasteiger partial charge in [0, 0.05) is 35.4 Å². The highest BCUT2D eigenvalue weighted by molar-refractivity contribution is 7.07. The van der Waals surface area contributed by atoms with E-state index in [1.54, 1.807) is 18.2 Å². The summed E-state index contributed by atoms with van der Waals surface area (Å²) in [4.78, 5) is 30.1. The molecular formula is C24H23Cl2N3O3S. The zero-order valence-electron chi connectivity index (χ0n) is 18.0. The molecule has 0 aliphatic carbocycles. The number of carbonyl (C=O) groups excluding carboxylic acids is 2. The van der Waals surface area contributed by atoms with Crippen LogP contribution in [0.2, 0.25) is 10.0 Å². The van der Waals surface area contributed by atoms with Crippen LogP contribution in [0, 0.1) is 6.92 Å². The molecule has 0 radical (unpaired) electrons. The van der Waals surface area contributed by atoms with Crippen molar-refractivity contribution in [3.63, 3.8) is 0 Å². The van der Waals surface area contributed by atoms with Crippen LogP contribution >= 0.6 is 34.5 Å². The van der Waals surface area contributed by atoms with Crippen LogP contribution in [0.15, 0.2) is 52.8 Å². The maximum absolute atomic E-state index is 12.7. The molecule has 1 atom stereocenters. The summed E-state index contributed by atoms with van der Waals surface area (Å²) >= 11 is 13.4.